The van der Waals surface area contributed by atoms with Crippen LogP contribution in [0.25, 0.3) is 10.8 Å². The van der Waals surface area contributed by atoms with Crippen molar-refractivity contribution >= 4 is 26.7 Å². The van der Waals surface area contributed by atoms with Crippen molar-refractivity contribution in [2.24, 2.45) is 5.73 Å². The first kappa shape index (κ1) is 18.8. The molecular formula is C18H23N3O4S. The van der Waals surface area contributed by atoms with Gasteiger partial charge in [-0.1, -0.05) is 30.3 Å². The van der Waals surface area contributed by atoms with E-state index in [1.165, 1.54) is 11.4 Å². The number of nitrogens with two attached hydrogens (primary N) is 1. The molecule has 2 aromatic rings. The van der Waals surface area contributed by atoms with E-state index >= 15 is 0 Å². The lowest BCUT2D eigenvalue weighted by Gasteiger charge is -2.35. The Bertz CT molecular complexity index is 892. The van der Waals surface area contributed by atoms with E-state index in [1.807, 2.05) is 30.3 Å². The predicted molar refractivity (Wildman–Crippen MR) is 99.1 cm³/mol. The van der Waals surface area contributed by atoms with Crippen molar-refractivity contribution in [3.05, 3.63) is 42.5 Å². The molecule has 0 aromatic heterocycles. The van der Waals surface area contributed by atoms with Crippen LogP contribution in [0.15, 0.2) is 47.4 Å². The largest absolute Gasteiger partial charge is 0.383 e. The highest BCUT2D eigenvalue weighted by atomic mass is 32.2. The summed E-state index contributed by atoms with van der Waals surface area (Å²) in [5, 5.41) is 1.88. The smallest absolute Gasteiger partial charge is 0.243 e. The lowest BCUT2D eigenvalue weighted by atomic mass is 10.1. The lowest BCUT2D eigenvalue weighted by molar-refractivity contribution is -0.134. The van der Waals surface area contributed by atoms with Gasteiger partial charge in [0, 0.05) is 33.3 Å². The molecule has 1 unspecified atom stereocenters. The SMILES string of the molecule is COCC(N)C(=O)N1CCN(S(=O)(=O)c2ccc3ccccc3c2)CC1. The Hall–Kier alpha value is -2.00. The first-order valence-electron chi connectivity index (χ1n) is 8.46. The van der Waals surface area contributed by atoms with Crippen molar-refractivity contribution in [2.75, 3.05) is 39.9 Å². The van der Waals surface area contributed by atoms with Gasteiger partial charge in [0.1, 0.15) is 6.04 Å². The van der Waals surface area contributed by atoms with Crippen LogP contribution in [0.1, 0.15) is 0 Å². The van der Waals surface area contributed by atoms with Gasteiger partial charge in [0.05, 0.1) is 11.5 Å². The van der Waals surface area contributed by atoms with Gasteiger partial charge in [-0.25, -0.2) is 8.42 Å². The number of nitrogens with zero attached hydrogens (tertiary/aromatic N) is 2. The van der Waals surface area contributed by atoms with Crippen molar-refractivity contribution < 1.29 is 17.9 Å². The van der Waals surface area contributed by atoms with Gasteiger partial charge in [-0.15, -0.1) is 0 Å². The molecule has 1 saturated heterocycles. The van der Waals surface area contributed by atoms with Crippen LogP contribution in [0.2, 0.25) is 0 Å². The highest BCUT2D eigenvalue weighted by Crippen LogP contribution is 2.22. The Morgan fingerprint density at radius 1 is 1.12 bits per heavy atom. The van der Waals surface area contributed by atoms with E-state index in [-0.39, 0.29) is 30.5 Å². The van der Waals surface area contributed by atoms with Gasteiger partial charge in [-0.05, 0) is 22.9 Å². The van der Waals surface area contributed by atoms with Crippen LogP contribution in [-0.2, 0) is 19.6 Å². The van der Waals surface area contributed by atoms with Gasteiger partial charge in [-0.2, -0.15) is 4.31 Å². The number of sulfonamides is 1. The van der Waals surface area contributed by atoms with Crippen molar-refractivity contribution in [3.8, 4) is 0 Å². The minimum absolute atomic E-state index is 0.147. The molecule has 0 saturated carbocycles. The van der Waals surface area contributed by atoms with E-state index in [4.69, 9.17) is 10.5 Å². The monoisotopic (exact) mass is 377 g/mol. The molecule has 8 heteroatoms. The zero-order valence-electron chi connectivity index (χ0n) is 14.7. The number of benzene rings is 2. The first-order chi connectivity index (χ1) is 12.4. The molecule has 0 aliphatic carbocycles. The third-order valence-electron chi connectivity index (χ3n) is 4.57. The van der Waals surface area contributed by atoms with Crippen LogP contribution in [0.4, 0.5) is 0 Å². The summed E-state index contributed by atoms with van der Waals surface area (Å²) >= 11 is 0. The second kappa shape index (κ2) is 7.71. The van der Waals surface area contributed by atoms with Gasteiger partial charge < -0.3 is 15.4 Å². The highest BCUT2D eigenvalue weighted by molar-refractivity contribution is 7.89. The summed E-state index contributed by atoms with van der Waals surface area (Å²) in [6, 6.07) is 12.0. The zero-order chi connectivity index (χ0) is 18.7. The van der Waals surface area contributed by atoms with Gasteiger partial charge in [-0.3, -0.25) is 4.79 Å². The number of rotatable bonds is 5. The Morgan fingerprint density at radius 2 is 1.77 bits per heavy atom. The third-order valence-corrected chi connectivity index (χ3v) is 6.47. The maximum Gasteiger partial charge on any atom is 0.243 e. The van der Waals surface area contributed by atoms with E-state index in [2.05, 4.69) is 0 Å². The number of carbonyl (C=O) groups is 1. The number of piperazine rings is 1. The molecule has 140 valence electrons. The van der Waals surface area contributed by atoms with Crippen LogP contribution in [0.3, 0.4) is 0 Å². The topological polar surface area (TPSA) is 92.9 Å². The van der Waals surface area contributed by atoms with E-state index in [0.29, 0.717) is 13.1 Å². The number of amides is 1. The summed E-state index contributed by atoms with van der Waals surface area (Å²) < 4.78 is 32.2. The highest BCUT2D eigenvalue weighted by Gasteiger charge is 2.31. The summed E-state index contributed by atoms with van der Waals surface area (Å²) in [6.45, 7) is 1.29. The van der Waals surface area contributed by atoms with Crippen LogP contribution in [-0.4, -0.2) is 69.5 Å². The molecule has 0 radical (unpaired) electrons. The van der Waals surface area contributed by atoms with Crippen LogP contribution < -0.4 is 5.73 Å². The number of hydrogen-bond donors (Lipinski definition) is 1. The lowest BCUT2D eigenvalue weighted by Crippen LogP contribution is -2.55. The van der Waals surface area contributed by atoms with Crippen LogP contribution in [0.5, 0.6) is 0 Å². The Kier molecular flexibility index (Phi) is 5.57. The van der Waals surface area contributed by atoms with E-state index in [9.17, 15) is 13.2 Å². The number of methoxy groups -OCH3 is 1. The molecule has 1 heterocycles. The minimum atomic E-state index is -3.59. The van der Waals surface area contributed by atoms with E-state index in [0.717, 1.165) is 10.8 Å². The molecule has 1 atom stereocenters. The Balaban J connectivity index is 1.72. The van der Waals surface area contributed by atoms with Crippen molar-refractivity contribution in [1.29, 1.82) is 0 Å². The van der Waals surface area contributed by atoms with Gasteiger partial charge in [0.2, 0.25) is 15.9 Å². The molecule has 0 spiro atoms. The summed E-state index contributed by atoms with van der Waals surface area (Å²) in [7, 11) is -2.11. The summed E-state index contributed by atoms with van der Waals surface area (Å²) in [4.78, 5) is 14.1. The fraction of sp³-hybridized carbons (Fsp3) is 0.389. The Morgan fingerprint density at radius 3 is 2.42 bits per heavy atom. The van der Waals surface area contributed by atoms with Gasteiger partial charge in [0.15, 0.2) is 0 Å². The van der Waals surface area contributed by atoms with Crippen molar-refractivity contribution in [2.45, 2.75) is 10.9 Å². The zero-order valence-corrected chi connectivity index (χ0v) is 15.5. The number of carbonyl (C=O) groups excluding carboxylic acids is 1. The van der Waals surface area contributed by atoms with Crippen molar-refractivity contribution in [3.63, 3.8) is 0 Å². The molecule has 0 bridgehead atoms. The minimum Gasteiger partial charge on any atom is -0.383 e. The van der Waals surface area contributed by atoms with Gasteiger partial charge >= 0.3 is 0 Å². The average Bonchev–Trinajstić information content (AvgIpc) is 2.67. The van der Waals surface area contributed by atoms with Crippen LogP contribution in [0, 0.1) is 0 Å². The normalized spacial score (nSPS) is 17.4. The first-order valence-corrected chi connectivity index (χ1v) is 9.90. The second-order valence-corrected chi connectivity index (χ2v) is 8.24. The summed E-state index contributed by atoms with van der Waals surface area (Å²) in [5.41, 5.74) is 5.77. The number of ether oxygens (including phenoxy) is 1. The quantitative estimate of drug-likeness (QED) is 0.826. The molecule has 2 N–H and O–H groups in total. The average molecular weight is 377 g/mol. The van der Waals surface area contributed by atoms with Crippen LogP contribution >= 0.6 is 0 Å². The molecule has 1 fully saturated rings. The number of hydrogen-bond acceptors (Lipinski definition) is 5. The Labute approximate surface area is 153 Å². The second-order valence-electron chi connectivity index (χ2n) is 6.30. The van der Waals surface area contributed by atoms with Gasteiger partial charge in [0.25, 0.3) is 0 Å². The fourth-order valence-corrected chi connectivity index (χ4v) is 4.57. The standard InChI is InChI=1S/C18H23N3O4S/c1-25-13-17(19)18(22)20-8-10-21(11-9-20)26(23,24)16-7-6-14-4-2-3-5-15(14)12-16/h2-7,12,17H,8-11,13,19H2,1H3. The molecule has 26 heavy (non-hydrogen) atoms. The molecule has 3 rings (SSSR count). The molecular weight excluding hydrogens is 354 g/mol. The molecule has 1 amide bonds. The maximum absolute atomic E-state index is 12.9. The van der Waals surface area contributed by atoms with E-state index < -0.39 is 16.1 Å². The summed E-state index contributed by atoms with van der Waals surface area (Å²) in [5.74, 6) is -0.213. The van der Waals surface area contributed by atoms with Crippen molar-refractivity contribution in [1.82, 2.24) is 9.21 Å². The molecule has 2 aromatic carbocycles. The summed E-state index contributed by atoms with van der Waals surface area (Å²) in [6.07, 6.45) is 0. The predicted octanol–water partition coefficient (Wildman–Crippen LogP) is 0.646. The molecule has 1 aliphatic heterocycles. The molecule has 1 aliphatic rings. The van der Waals surface area contributed by atoms with E-state index in [1.54, 1.807) is 17.0 Å². The molecule has 7 nitrogen and oxygen atoms in total. The third kappa shape index (κ3) is 3.73. The number of fused-ring (bicyclic) bond motifs is 1. The maximum atomic E-state index is 12.9. The fourth-order valence-electron chi connectivity index (χ4n) is 3.11.